The van der Waals surface area contributed by atoms with Gasteiger partial charge in [-0.3, -0.25) is 0 Å². The van der Waals surface area contributed by atoms with Gasteiger partial charge in [-0.2, -0.15) is 0 Å². The Morgan fingerprint density at radius 1 is 1.18 bits per heavy atom. The van der Waals surface area contributed by atoms with Gasteiger partial charge in [0.05, 0.1) is 0 Å². The van der Waals surface area contributed by atoms with Gasteiger partial charge < -0.3 is 10.1 Å². The van der Waals surface area contributed by atoms with Crippen LogP contribution in [-0.4, -0.2) is 12.1 Å². The van der Waals surface area contributed by atoms with Crippen molar-refractivity contribution in [1.82, 2.24) is 0 Å². The van der Waals surface area contributed by atoms with E-state index in [1.54, 1.807) is 6.07 Å². The average molecular weight is 307 g/mol. The third-order valence-corrected chi connectivity index (χ3v) is 4.17. The van der Waals surface area contributed by atoms with E-state index in [1.807, 2.05) is 18.2 Å². The zero-order chi connectivity index (χ0) is 15.7. The second-order valence-corrected chi connectivity index (χ2v) is 5.69. The van der Waals surface area contributed by atoms with Crippen LogP contribution in [0.1, 0.15) is 30.7 Å². The SMILES string of the molecule is N=C1C=C2C=CCCC2C(c2cccc(OC(F)(F)F)c2)C1. The zero-order valence-electron chi connectivity index (χ0n) is 11.9. The summed E-state index contributed by atoms with van der Waals surface area (Å²) in [4.78, 5) is 0. The molecule has 2 unspecified atom stereocenters. The van der Waals surface area contributed by atoms with Gasteiger partial charge in [-0.05, 0) is 60.4 Å². The Bertz CT molecular complexity index is 646. The minimum atomic E-state index is -4.68. The van der Waals surface area contributed by atoms with Crippen LogP contribution in [0, 0.1) is 11.3 Å². The van der Waals surface area contributed by atoms with Gasteiger partial charge >= 0.3 is 6.36 Å². The van der Waals surface area contributed by atoms with Crippen molar-refractivity contribution in [2.75, 3.05) is 0 Å². The Labute approximate surface area is 126 Å². The lowest BCUT2D eigenvalue weighted by Crippen LogP contribution is -2.24. The van der Waals surface area contributed by atoms with Crippen molar-refractivity contribution in [1.29, 1.82) is 5.41 Å². The molecule has 0 radical (unpaired) electrons. The van der Waals surface area contributed by atoms with E-state index in [0.29, 0.717) is 12.1 Å². The van der Waals surface area contributed by atoms with E-state index >= 15 is 0 Å². The lowest BCUT2D eigenvalue weighted by atomic mass is 9.70. The summed E-state index contributed by atoms with van der Waals surface area (Å²) in [7, 11) is 0. The second-order valence-electron chi connectivity index (χ2n) is 5.69. The summed E-state index contributed by atoms with van der Waals surface area (Å²) >= 11 is 0. The summed E-state index contributed by atoms with van der Waals surface area (Å²) in [6.07, 6.45) is 3.79. The highest BCUT2D eigenvalue weighted by Gasteiger charge is 2.33. The second kappa shape index (κ2) is 5.63. The Kier molecular flexibility index (Phi) is 3.81. The number of hydrogen-bond acceptors (Lipinski definition) is 2. The molecule has 0 bridgehead atoms. The van der Waals surface area contributed by atoms with Gasteiger partial charge in [-0.1, -0.05) is 24.3 Å². The van der Waals surface area contributed by atoms with Crippen molar-refractivity contribution < 1.29 is 17.9 Å². The number of ether oxygens (including phenoxy) is 1. The van der Waals surface area contributed by atoms with Gasteiger partial charge in [0.2, 0.25) is 0 Å². The third kappa shape index (κ3) is 3.24. The topological polar surface area (TPSA) is 33.1 Å². The van der Waals surface area contributed by atoms with Crippen molar-refractivity contribution in [3.05, 3.63) is 53.6 Å². The number of fused-ring (bicyclic) bond motifs is 1. The van der Waals surface area contributed by atoms with E-state index in [1.165, 1.54) is 12.1 Å². The smallest absolute Gasteiger partial charge is 0.406 e. The number of alkyl halides is 3. The molecule has 2 aliphatic rings. The highest BCUT2D eigenvalue weighted by molar-refractivity contribution is 5.95. The third-order valence-electron chi connectivity index (χ3n) is 4.17. The van der Waals surface area contributed by atoms with Crippen LogP contribution in [0.4, 0.5) is 13.2 Å². The first-order valence-corrected chi connectivity index (χ1v) is 7.23. The van der Waals surface area contributed by atoms with Crippen LogP contribution in [0.3, 0.4) is 0 Å². The van der Waals surface area contributed by atoms with Crippen LogP contribution < -0.4 is 4.74 Å². The molecular weight excluding hydrogens is 291 g/mol. The normalized spacial score (nSPS) is 24.7. The maximum absolute atomic E-state index is 12.4. The molecule has 0 amide bonds. The Morgan fingerprint density at radius 3 is 2.77 bits per heavy atom. The van der Waals surface area contributed by atoms with Gasteiger partial charge in [0.15, 0.2) is 0 Å². The summed E-state index contributed by atoms with van der Waals surface area (Å²) in [5.74, 6) is 0.105. The average Bonchev–Trinajstić information content (AvgIpc) is 2.45. The molecule has 1 aromatic rings. The van der Waals surface area contributed by atoms with E-state index in [0.717, 1.165) is 24.0 Å². The fourth-order valence-corrected chi connectivity index (χ4v) is 3.31. The van der Waals surface area contributed by atoms with Gasteiger partial charge in [-0.25, -0.2) is 0 Å². The molecule has 0 spiro atoms. The largest absolute Gasteiger partial charge is 0.573 e. The van der Waals surface area contributed by atoms with Gasteiger partial charge in [0, 0.05) is 5.71 Å². The van der Waals surface area contributed by atoms with E-state index in [4.69, 9.17) is 5.41 Å². The Hall–Kier alpha value is -2.04. The highest BCUT2D eigenvalue weighted by Crippen LogP contribution is 2.43. The van der Waals surface area contributed by atoms with E-state index in [9.17, 15) is 13.2 Å². The molecule has 2 atom stereocenters. The zero-order valence-corrected chi connectivity index (χ0v) is 11.9. The highest BCUT2D eigenvalue weighted by atomic mass is 19.4. The van der Waals surface area contributed by atoms with Crippen LogP contribution in [-0.2, 0) is 0 Å². The van der Waals surface area contributed by atoms with Crippen molar-refractivity contribution >= 4 is 5.71 Å². The van der Waals surface area contributed by atoms with Crippen LogP contribution in [0.2, 0.25) is 0 Å². The van der Waals surface area contributed by atoms with Crippen molar-refractivity contribution in [2.24, 2.45) is 5.92 Å². The molecule has 2 aliphatic carbocycles. The molecule has 1 N–H and O–H groups in total. The molecular formula is C17H16F3NO. The molecule has 2 nitrogen and oxygen atoms in total. The summed E-state index contributed by atoms with van der Waals surface area (Å²) in [6.45, 7) is 0. The van der Waals surface area contributed by atoms with Gasteiger partial charge in [0.25, 0.3) is 0 Å². The minimum Gasteiger partial charge on any atom is -0.406 e. The van der Waals surface area contributed by atoms with E-state index in [-0.39, 0.29) is 17.6 Å². The molecule has 116 valence electrons. The van der Waals surface area contributed by atoms with Crippen LogP contribution in [0.25, 0.3) is 0 Å². The van der Waals surface area contributed by atoms with Crippen LogP contribution in [0.15, 0.2) is 48.1 Å². The number of hydrogen-bond donors (Lipinski definition) is 1. The van der Waals surface area contributed by atoms with Crippen molar-refractivity contribution in [3.63, 3.8) is 0 Å². The molecule has 0 heterocycles. The quantitative estimate of drug-likeness (QED) is 0.821. The molecule has 1 aromatic carbocycles. The van der Waals surface area contributed by atoms with E-state index < -0.39 is 6.36 Å². The van der Waals surface area contributed by atoms with Crippen LogP contribution >= 0.6 is 0 Å². The summed E-state index contributed by atoms with van der Waals surface area (Å²) < 4.78 is 41.1. The van der Waals surface area contributed by atoms with Crippen molar-refractivity contribution in [2.45, 2.75) is 31.5 Å². The molecule has 0 saturated heterocycles. The summed E-state index contributed by atoms with van der Waals surface area (Å²) in [5, 5.41) is 7.97. The number of halogens is 3. The number of rotatable bonds is 2. The molecule has 0 fully saturated rings. The summed E-state index contributed by atoms with van der Waals surface area (Å²) in [5.41, 5.74) is 2.43. The number of allylic oxidation sites excluding steroid dienone is 4. The predicted molar refractivity (Wildman–Crippen MR) is 78.2 cm³/mol. The number of nitrogens with one attached hydrogen (secondary N) is 1. The molecule has 3 rings (SSSR count). The summed E-state index contributed by atoms with van der Waals surface area (Å²) in [6, 6.07) is 6.16. The molecule has 0 saturated carbocycles. The molecule has 22 heavy (non-hydrogen) atoms. The standard InChI is InChI=1S/C17H16F3NO/c18-17(19,20)22-14-6-3-5-12(9-14)16-10-13(21)8-11-4-1-2-7-15(11)16/h1,3-6,8-9,15-16,21H,2,7,10H2. The molecule has 0 aromatic heterocycles. The fourth-order valence-electron chi connectivity index (χ4n) is 3.31. The first-order chi connectivity index (χ1) is 10.4. The predicted octanol–water partition coefficient (Wildman–Crippen LogP) is 4.98. The maximum atomic E-state index is 12.4. The lowest BCUT2D eigenvalue weighted by molar-refractivity contribution is -0.274. The number of benzene rings is 1. The molecule has 0 aliphatic heterocycles. The first kappa shape index (κ1) is 14.9. The van der Waals surface area contributed by atoms with Crippen LogP contribution in [0.5, 0.6) is 5.75 Å². The Balaban J connectivity index is 1.90. The monoisotopic (exact) mass is 307 g/mol. The maximum Gasteiger partial charge on any atom is 0.573 e. The lowest BCUT2D eigenvalue weighted by Gasteiger charge is -2.34. The van der Waals surface area contributed by atoms with Gasteiger partial charge in [-0.15, -0.1) is 13.2 Å². The van der Waals surface area contributed by atoms with Crippen molar-refractivity contribution in [3.8, 4) is 5.75 Å². The fraction of sp³-hybridized carbons (Fsp3) is 0.353. The van der Waals surface area contributed by atoms with Gasteiger partial charge in [0.1, 0.15) is 5.75 Å². The molecule has 5 heteroatoms. The minimum absolute atomic E-state index is 0.0363. The van der Waals surface area contributed by atoms with E-state index in [2.05, 4.69) is 10.8 Å². The first-order valence-electron chi connectivity index (χ1n) is 7.23. The Morgan fingerprint density at radius 2 is 2.00 bits per heavy atom.